The Balaban J connectivity index is 2.18. The normalized spacial score (nSPS) is 10.2. The number of benzene rings is 2. The SMILES string of the molecule is O=C(Nc1ccc(F)c(F)c1)c1cccc(F)c1. The molecule has 0 aromatic heterocycles. The predicted octanol–water partition coefficient (Wildman–Crippen LogP) is 3.36. The summed E-state index contributed by atoms with van der Waals surface area (Å²) in [4.78, 5) is 11.7. The summed E-state index contributed by atoms with van der Waals surface area (Å²) in [5.41, 5.74) is 0.197. The van der Waals surface area contributed by atoms with Gasteiger partial charge in [-0.1, -0.05) is 6.07 Å². The van der Waals surface area contributed by atoms with E-state index in [1.165, 1.54) is 24.3 Å². The smallest absolute Gasteiger partial charge is 0.255 e. The van der Waals surface area contributed by atoms with Crippen LogP contribution >= 0.6 is 0 Å². The van der Waals surface area contributed by atoms with Crippen molar-refractivity contribution in [3.8, 4) is 0 Å². The van der Waals surface area contributed by atoms with Crippen molar-refractivity contribution in [1.29, 1.82) is 0 Å². The van der Waals surface area contributed by atoms with Gasteiger partial charge in [-0.05, 0) is 30.3 Å². The number of carbonyl (C=O) groups is 1. The highest BCUT2D eigenvalue weighted by Crippen LogP contribution is 2.14. The molecule has 0 aliphatic heterocycles. The summed E-state index contributed by atoms with van der Waals surface area (Å²) in [7, 11) is 0. The highest BCUT2D eigenvalue weighted by molar-refractivity contribution is 6.04. The lowest BCUT2D eigenvalue weighted by molar-refractivity contribution is 0.102. The molecule has 5 heteroatoms. The monoisotopic (exact) mass is 251 g/mol. The highest BCUT2D eigenvalue weighted by Gasteiger charge is 2.08. The van der Waals surface area contributed by atoms with Crippen LogP contribution in [0.4, 0.5) is 18.9 Å². The van der Waals surface area contributed by atoms with Crippen molar-refractivity contribution in [2.75, 3.05) is 5.32 Å². The molecule has 0 atom stereocenters. The molecular formula is C13H8F3NO. The van der Waals surface area contributed by atoms with Crippen LogP contribution in [0.1, 0.15) is 10.4 Å². The summed E-state index contributed by atoms with van der Waals surface area (Å²) >= 11 is 0. The maximum atomic E-state index is 12.9. The molecule has 0 aliphatic carbocycles. The van der Waals surface area contributed by atoms with E-state index in [1.54, 1.807) is 0 Å². The molecule has 92 valence electrons. The van der Waals surface area contributed by atoms with Crippen molar-refractivity contribution < 1.29 is 18.0 Å². The number of amides is 1. The van der Waals surface area contributed by atoms with Crippen molar-refractivity contribution in [3.63, 3.8) is 0 Å². The molecule has 0 fully saturated rings. The molecule has 0 bridgehead atoms. The number of anilines is 1. The molecule has 0 saturated heterocycles. The van der Waals surface area contributed by atoms with Crippen LogP contribution in [0.25, 0.3) is 0 Å². The Kier molecular flexibility index (Phi) is 3.32. The fourth-order valence-corrected chi connectivity index (χ4v) is 1.41. The summed E-state index contributed by atoms with van der Waals surface area (Å²) in [6, 6.07) is 8.02. The highest BCUT2D eigenvalue weighted by atomic mass is 19.2. The average Bonchev–Trinajstić information content (AvgIpc) is 2.34. The Morgan fingerprint density at radius 3 is 2.39 bits per heavy atom. The first-order valence-corrected chi connectivity index (χ1v) is 5.08. The van der Waals surface area contributed by atoms with Crippen molar-refractivity contribution in [1.82, 2.24) is 0 Å². The second kappa shape index (κ2) is 4.91. The average molecular weight is 251 g/mol. The zero-order valence-corrected chi connectivity index (χ0v) is 9.08. The van der Waals surface area contributed by atoms with Gasteiger partial charge in [0.05, 0.1) is 0 Å². The van der Waals surface area contributed by atoms with Crippen molar-refractivity contribution in [3.05, 3.63) is 65.5 Å². The standard InChI is InChI=1S/C13H8F3NO/c14-9-3-1-2-8(6-9)13(18)17-10-4-5-11(15)12(16)7-10/h1-7H,(H,17,18). The first kappa shape index (κ1) is 12.2. The van der Waals surface area contributed by atoms with Gasteiger partial charge in [-0.3, -0.25) is 4.79 Å². The molecule has 0 radical (unpaired) electrons. The predicted molar refractivity (Wildman–Crippen MR) is 60.7 cm³/mol. The number of halogens is 3. The summed E-state index contributed by atoms with van der Waals surface area (Å²) < 4.78 is 38.5. The van der Waals surface area contributed by atoms with Gasteiger partial charge in [-0.2, -0.15) is 0 Å². The van der Waals surface area contributed by atoms with Crippen LogP contribution in [0.2, 0.25) is 0 Å². The quantitative estimate of drug-likeness (QED) is 0.871. The summed E-state index contributed by atoms with van der Waals surface area (Å²) in [6.45, 7) is 0. The number of nitrogens with one attached hydrogen (secondary N) is 1. The van der Waals surface area contributed by atoms with Gasteiger partial charge in [-0.25, -0.2) is 13.2 Å². The zero-order valence-electron chi connectivity index (χ0n) is 9.08. The van der Waals surface area contributed by atoms with Gasteiger partial charge in [-0.15, -0.1) is 0 Å². The first-order valence-electron chi connectivity index (χ1n) is 5.08. The minimum Gasteiger partial charge on any atom is -0.322 e. The molecule has 2 aromatic carbocycles. The minimum atomic E-state index is -1.06. The molecule has 2 rings (SSSR count). The molecular weight excluding hydrogens is 243 g/mol. The van der Waals surface area contributed by atoms with Gasteiger partial charge in [0.25, 0.3) is 5.91 Å². The number of hydrogen-bond donors (Lipinski definition) is 1. The molecule has 18 heavy (non-hydrogen) atoms. The molecule has 0 aliphatic rings. The fraction of sp³-hybridized carbons (Fsp3) is 0. The Bertz CT molecular complexity index is 599. The van der Waals surface area contributed by atoms with Crippen molar-refractivity contribution in [2.24, 2.45) is 0 Å². The molecule has 2 nitrogen and oxygen atoms in total. The van der Waals surface area contributed by atoms with Crippen molar-refractivity contribution in [2.45, 2.75) is 0 Å². The van der Waals surface area contributed by atoms with Gasteiger partial charge in [0, 0.05) is 17.3 Å². The third-order valence-electron chi connectivity index (χ3n) is 2.26. The van der Waals surface area contributed by atoms with Crippen LogP contribution in [0.15, 0.2) is 42.5 Å². The topological polar surface area (TPSA) is 29.1 Å². The van der Waals surface area contributed by atoms with E-state index < -0.39 is 23.4 Å². The lowest BCUT2D eigenvalue weighted by Crippen LogP contribution is -2.12. The number of hydrogen-bond acceptors (Lipinski definition) is 1. The minimum absolute atomic E-state index is 0.0970. The number of rotatable bonds is 2. The Morgan fingerprint density at radius 2 is 1.72 bits per heavy atom. The fourth-order valence-electron chi connectivity index (χ4n) is 1.41. The maximum absolute atomic E-state index is 12.9. The van der Waals surface area contributed by atoms with E-state index >= 15 is 0 Å². The molecule has 1 N–H and O–H groups in total. The van der Waals surface area contributed by atoms with Crippen LogP contribution in [-0.2, 0) is 0 Å². The van der Waals surface area contributed by atoms with E-state index in [0.717, 1.165) is 18.2 Å². The lowest BCUT2D eigenvalue weighted by Gasteiger charge is -2.05. The molecule has 0 spiro atoms. The third kappa shape index (κ3) is 2.68. The largest absolute Gasteiger partial charge is 0.322 e. The van der Waals surface area contributed by atoms with E-state index in [0.29, 0.717) is 0 Å². The Labute approximate surface area is 101 Å². The van der Waals surface area contributed by atoms with Crippen LogP contribution in [0.3, 0.4) is 0 Å². The van der Waals surface area contributed by atoms with Crippen LogP contribution in [-0.4, -0.2) is 5.91 Å². The van der Waals surface area contributed by atoms with Gasteiger partial charge in [0.1, 0.15) is 5.82 Å². The number of carbonyl (C=O) groups excluding carboxylic acids is 1. The third-order valence-corrected chi connectivity index (χ3v) is 2.26. The van der Waals surface area contributed by atoms with Crippen LogP contribution in [0.5, 0.6) is 0 Å². The van der Waals surface area contributed by atoms with Crippen molar-refractivity contribution >= 4 is 11.6 Å². The molecule has 1 amide bonds. The molecule has 2 aromatic rings. The van der Waals surface area contributed by atoms with Gasteiger partial charge >= 0.3 is 0 Å². The summed E-state index contributed by atoms with van der Waals surface area (Å²) in [6.07, 6.45) is 0. The summed E-state index contributed by atoms with van der Waals surface area (Å²) in [5, 5.41) is 2.34. The van der Waals surface area contributed by atoms with E-state index in [2.05, 4.69) is 5.32 Å². The van der Waals surface area contributed by atoms with E-state index in [4.69, 9.17) is 0 Å². The zero-order chi connectivity index (χ0) is 13.1. The molecule has 0 heterocycles. The Morgan fingerprint density at radius 1 is 0.944 bits per heavy atom. The lowest BCUT2D eigenvalue weighted by atomic mass is 10.2. The van der Waals surface area contributed by atoms with Gasteiger partial charge < -0.3 is 5.32 Å². The van der Waals surface area contributed by atoms with Gasteiger partial charge in [0.15, 0.2) is 11.6 Å². The second-order valence-corrected chi connectivity index (χ2v) is 3.59. The van der Waals surface area contributed by atoms with Crippen LogP contribution < -0.4 is 5.32 Å². The van der Waals surface area contributed by atoms with E-state index in [1.807, 2.05) is 0 Å². The molecule has 0 saturated carbocycles. The first-order chi connectivity index (χ1) is 8.56. The van der Waals surface area contributed by atoms with Gasteiger partial charge in [0.2, 0.25) is 0 Å². The van der Waals surface area contributed by atoms with E-state index in [9.17, 15) is 18.0 Å². The molecule has 0 unspecified atom stereocenters. The van der Waals surface area contributed by atoms with Crippen LogP contribution in [0, 0.1) is 17.5 Å². The Hall–Kier alpha value is -2.30. The maximum Gasteiger partial charge on any atom is 0.255 e. The van der Waals surface area contributed by atoms with E-state index in [-0.39, 0.29) is 11.3 Å². The second-order valence-electron chi connectivity index (χ2n) is 3.59. The summed E-state index contributed by atoms with van der Waals surface area (Å²) in [5.74, 6) is -3.21.